The summed E-state index contributed by atoms with van der Waals surface area (Å²) in [5.41, 5.74) is 5.24. The van der Waals surface area contributed by atoms with Crippen LogP contribution in [0.2, 0.25) is 5.02 Å². The predicted molar refractivity (Wildman–Crippen MR) is 154 cm³/mol. The van der Waals surface area contributed by atoms with Crippen LogP contribution in [0.25, 0.3) is 22.2 Å². The number of halogens is 1. The summed E-state index contributed by atoms with van der Waals surface area (Å²) in [5.74, 6) is 1.32. The third-order valence-electron chi connectivity index (χ3n) is 5.95. The second-order valence-corrected chi connectivity index (χ2v) is 11.7. The normalized spacial score (nSPS) is 11.5. The van der Waals surface area contributed by atoms with Crippen molar-refractivity contribution in [1.82, 2.24) is 25.3 Å². The SMILES string of the molecule is CS(=O)(=O)CCNCc1ccc(-c2ccc3ncnc(Nc4ccc(OCc5ccccn5)c(Cl)c4)c3c2)[nH]1. The first-order chi connectivity index (χ1) is 18.8. The minimum atomic E-state index is -2.99. The van der Waals surface area contributed by atoms with Crippen LogP contribution in [0.1, 0.15) is 11.4 Å². The van der Waals surface area contributed by atoms with E-state index in [9.17, 15) is 8.42 Å². The van der Waals surface area contributed by atoms with Crippen molar-refractivity contribution in [2.75, 3.05) is 23.9 Å². The molecule has 0 aliphatic heterocycles. The summed E-state index contributed by atoms with van der Waals surface area (Å²) in [6, 6.07) is 21.1. The number of hydrogen-bond donors (Lipinski definition) is 3. The molecule has 3 aromatic heterocycles. The lowest BCUT2D eigenvalue weighted by Gasteiger charge is -2.12. The monoisotopic (exact) mass is 562 g/mol. The quantitative estimate of drug-likeness (QED) is 0.189. The van der Waals surface area contributed by atoms with Gasteiger partial charge in [-0.25, -0.2) is 18.4 Å². The molecule has 0 fully saturated rings. The standard InChI is InChI=1S/C28H27ClN6O3S/c1-39(36,37)13-12-30-16-21-6-9-25(34-21)19-5-8-26-23(14-19)28(33-18-32-26)35-20-7-10-27(24(29)15-20)38-17-22-4-2-3-11-31-22/h2-11,14-15,18,30,34H,12-13,16-17H2,1H3,(H,32,33,35). The minimum Gasteiger partial charge on any atom is -0.486 e. The van der Waals surface area contributed by atoms with Crippen LogP contribution in [0.4, 0.5) is 11.5 Å². The highest BCUT2D eigenvalue weighted by Crippen LogP contribution is 2.32. The number of rotatable bonds is 11. The van der Waals surface area contributed by atoms with Gasteiger partial charge >= 0.3 is 0 Å². The van der Waals surface area contributed by atoms with Crippen molar-refractivity contribution in [1.29, 1.82) is 0 Å². The van der Waals surface area contributed by atoms with Gasteiger partial charge in [0, 0.05) is 48.0 Å². The number of ether oxygens (including phenoxy) is 1. The van der Waals surface area contributed by atoms with Gasteiger partial charge < -0.3 is 20.4 Å². The number of hydrogen-bond acceptors (Lipinski definition) is 8. The van der Waals surface area contributed by atoms with Gasteiger partial charge in [-0.05, 0) is 60.2 Å². The van der Waals surface area contributed by atoms with Gasteiger partial charge in [0.1, 0.15) is 34.3 Å². The molecule has 0 aliphatic carbocycles. The second-order valence-electron chi connectivity index (χ2n) is 9.04. The molecule has 0 saturated carbocycles. The average molecular weight is 563 g/mol. The molecule has 2 aromatic carbocycles. The average Bonchev–Trinajstić information content (AvgIpc) is 3.40. The maximum Gasteiger partial charge on any atom is 0.148 e. The van der Waals surface area contributed by atoms with Gasteiger partial charge in [0.05, 0.1) is 22.0 Å². The number of H-pyrrole nitrogens is 1. The van der Waals surface area contributed by atoms with Crippen molar-refractivity contribution >= 4 is 43.8 Å². The van der Waals surface area contributed by atoms with Crippen LogP contribution in [0, 0.1) is 0 Å². The smallest absolute Gasteiger partial charge is 0.148 e. The molecule has 0 amide bonds. The zero-order chi connectivity index (χ0) is 27.2. The summed E-state index contributed by atoms with van der Waals surface area (Å²) < 4.78 is 28.5. The minimum absolute atomic E-state index is 0.104. The molecule has 0 radical (unpaired) electrons. The topological polar surface area (TPSA) is 122 Å². The van der Waals surface area contributed by atoms with Crippen LogP contribution in [0.3, 0.4) is 0 Å². The van der Waals surface area contributed by atoms with Crippen LogP contribution in [-0.4, -0.2) is 46.9 Å². The Kier molecular flexibility index (Phi) is 8.06. The number of aromatic nitrogens is 4. The summed E-state index contributed by atoms with van der Waals surface area (Å²) in [5, 5.41) is 7.82. The van der Waals surface area contributed by atoms with Crippen molar-refractivity contribution in [2.45, 2.75) is 13.2 Å². The molecule has 3 heterocycles. The van der Waals surface area contributed by atoms with E-state index in [0.717, 1.165) is 39.2 Å². The molecular formula is C28H27ClN6O3S. The molecule has 5 aromatic rings. The first kappa shape index (κ1) is 26.6. The summed E-state index contributed by atoms with van der Waals surface area (Å²) in [4.78, 5) is 16.5. The Bertz CT molecular complexity index is 1690. The first-order valence-electron chi connectivity index (χ1n) is 12.2. The number of nitrogens with zero attached hydrogens (tertiary/aromatic N) is 3. The summed E-state index contributed by atoms with van der Waals surface area (Å²) in [7, 11) is -2.99. The van der Waals surface area contributed by atoms with Crippen LogP contribution < -0.4 is 15.4 Å². The number of nitrogens with one attached hydrogen (secondary N) is 3. The molecule has 5 rings (SSSR count). The molecule has 9 nitrogen and oxygen atoms in total. The Balaban J connectivity index is 1.30. The second kappa shape index (κ2) is 11.8. The third-order valence-corrected chi connectivity index (χ3v) is 7.20. The highest BCUT2D eigenvalue weighted by molar-refractivity contribution is 7.90. The van der Waals surface area contributed by atoms with E-state index in [2.05, 4.69) is 30.6 Å². The van der Waals surface area contributed by atoms with E-state index in [1.165, 1.54) is 12.6 Å². The van der Waals surface area contributed by atoms with Crippen molar-refractivity contribution < 1.29 is 13.2 Å². The van der Waals surface area contributed by atoms with E-state index >= 15 is 0 Å². The summed E-state index contributed by atoms with van der Waals surface area (Å²) >= 11 is 6.50. The lowest BCUT2D eigenvalue weighted by Crippen LogP contribution is -2.22. The molecule has 200 valence electrons. The largest absolute Gasteiger partial charge is 0.486 e. The summed E-state index contributed by atoms with van der Waals surface area (Å²) in [6.45, 7) is 1.27. The number of sulfone groups is 1. The molecule has 0 aliphatic rings. The molecule has 0 bridgehead atoms. The van der Waals surface area contributed by atoms with Gasteiger partial charge in [0.15, 0.2) is 0 Å². The first-order valence-corrected chi connectivity index (χ1v) is 14.7. The van der Waals surface area contributed by atoms with Crippen molar-refractivity contribution in [3.8, 4) is 17.0 Å². The number of benzene rings is 2. The van der Waals surface area contributed by atoms with Gasteiger partial charge in [-0.2, -0.15) is 0 Å². The zero-order valence-electron chi connectivity index (χ0n) is 21.2. The maximum absolute atomic E-state index is 11.3. The fourth-order valence-electron chi connectivity index (χ4n) is 3.98. The van der Waals surface area contributed by atoms with Crippen LogP contribution in [0.15, 0.2) is 79.3 Å². The lowest BCUT2D eigenvalue weighted by atomic mass is 10.1. The Labute approximate surface area is 231 Å². The molecule has 0 atom stereocenters. The van der Waals surface area contributed by atoms with Gasteiger partial charge in [0.25, 0.3) is 0 Å². The predicted octanol–water partition coefficient (Wildman–Crippen LogP) is 5.13. The third kappa shape index (κ3) is 7.11. The van der Waals surface area contributed by atoms with E-state index in [1.807, 2.05) is 60.7 Å². The number of pyridine rings is 1. The number of aromatic amines is 1. The molecule has 39 heavy (non-hydrogen) atoms. The van der Waals surface area contributed by atoms with Crippen LogP contribution in [-0.2, 0) is 23.0 Å². The van der Waals surface area contributed by atoms with E-state index in [1.54, 1.807) is 12.3 Å². The van der Waals surface area contributed by atoms with Gasteiger partial charge in [-0.15, -0.1) is 0 Å². The summed E-state index contributed by atoms with van der Waals surface area (Å²) in [6.07, 6.45) is 4.48. The number of fused-ring (bicyclic) bond motifs is 1. The van der Waals surface area contributed by atoms with Crippen molar-refractivity contribution in [3.63, 3.8) is 0 Å². The molecule has 3 N–H and O–H groups in total. The Morgan fingerprint density at radius 1 is 1.00 bits per heavy atom. The Morgan fingerprint density at radius 3 is 2.69 bits per heavy atom. The van der Waals surface area contributed by atoms with Gasteiger partial charge in [-0.3, -0.25) is 4.98 Å². The molecule has 0 saturated heterocycles. The van der Waals surface area contributed by atoms with Crippen molar-refractivity contribution in [2.24, 2.45) is 0 Å². The van der Waals surface area contributed by atoms with E-state index in [4.69, 9.17) is 16.3 Å². The maximum atomic E-state index is 11.3. The van der Waals surface area contributed by atoms with Gasteiger partial charge in [-0.1, -0.05) is 23.7 Å². The highest BCUT2D eigenvalue weighted by Gasteiger charge is 2.10. The molecule has 0 spiro atoms. The van der Waals surface area contributed by atoms with Crippen molar-refractivity contribution in [3.05, 3.63) is 95.7 Å². The number of anilines is 2. The van der Waals surface area contributed by atoms with Crippen LogP contribution >= 0.6 is 11.6 Å². The lowest BCUT2D eigenvalue weighted by molar-refractivity contribution is 0.301. The Hall–Kier alpha value is -3.99. The van der Waals surface area contributed by atoms with E-state index in [-0.39, 0.29) is 5.75 Å². The molecular weight excluding hydrogens is 536 g/mol. The highest BCUT2D eigenvalue weighted by atomic mass is 35.5. The van der Waals surface area contributed by atoms with E-state index in [0.29, 0.717) is 36.3 Å². The zero-order valence-corrected chi connectivity index (χ0v) is 22.8. The molecule has 0 unspecified atom stereocenters. The van der Waals surface area contributed by atoms with Crippen LogP contribution in [0.5, 0.6) is 5.75 Å². The van der Waals surface area contributed by atoms with E-state index < -0.39 is 9.84 Å². The van der Waals surface area contributed by atoms with Gasteiger partial charge in [0.2, 0.25) is 0 Å². The fourth-order valence-corrected chi connectivity index (χ4v) is 4.73. The fraction of sp³-hybridized carbons (Fsp3) is 0.179. The Morgan fingerprint density at radius 2 is 1.90 bits per heavy atom. The molecule has 11 heteroatoms.